The van der Waals surface area contributed by atoms with E-state index in [9.17, 15) is 4.79 Å². The zero-order valence-electron chi connectivity index (χ0n) is 18.3. The minimum Gasteiger partial charge on any atom is -0.357 e. The molecule has 3 rings (SSSR count). The Morgan fingerprint density at radius 3 is 2.71 bits per heavy atom. The molecule has 1 aliphatic rings. The van der Waals surface area contributed by atoms with Crippen molar-refractivity contribution < 1.29 is 4.79 Å². The summed E-state index contributed by atoms with van der Waals surface area (Å²) in [6.07, 6.45) is 2.87. The molecule has 7 nitrogen and oxygen atoms in total. The number of carbonyl (C=O) groups is 1. The molecular weight excluding hydrogens is 523 g/mol. The largest absolute Gasteiger partial charge is 0.357 e. The summed E-state index contributed by atoms with van der Waals surface area (Å²) in [5, 5.41) is 11.5. The van der Waals surface area contributed by atoms with Crippen LogP contribution in [-0.2, 0) is 4.79 Å². The van der Waals surface area contributed by atoms with E-state index < -0.39 is 0 Å². The quantitative estimate of drug-likeness (QED) is 0.249. The topological polar surface area (TPSA) is 81.7 Å². The van der Waals surface area contributed by atoms with Crippen molar-refractivity contribution in [3.05, 3.63) is 46.3 Å². The van der Waals surface area contributed by atoms with E-state index in [1.165, 1.54) is 17.7 Å². The van der Waals surface area contributed by atoms with Crippen molar-refractivity contribution in [1.29, 1.82) is 0 Å². The molecule has 0 aromatic carbocycles. The number of carbonyl (C=O) groups excluding carboxylic acids is 1. The third-order valence-electron chi connectivity index (χ3n) is 5.02. The number of anilines is 1. The Kier molecular flexibility index (Phi) is 11.2. The fraction of sp³-hybridized carbons (Fsp3) is 0.500. The van der Waals surface area contributed by atoms with Gasteiger partial charge in [0.1, 0.15) is 5.82 Å². The minimum atomic E-state index is -0.0648. The molecule has 1 amide bonds. The molecule has 2 aromatic heterocycles. The van der Waals surface area contributed by atoms with E-state index in [4.69, 9.17) is 4.99 Å². The number of aromatic nitrogens is 1. The molecule has 0 aliphatic carbocycles. The molecular formula is C22H33IN6OS. The highest BCUT2D eigenvalue weighted by molar-refractivity contribution is 14.0. The van der Waals surface area contributed by atoms with Crippen LogP contribution in [0.5, 0.6) is 0 Å². The fourth-order valence-electron chi connectivity index (χ4n) is 3.55. The average molecular weight is 557 g/mol. The summed E-state index contributed by atoms with van der Waals surface area (Å²) in [5.74, 6) is 1.27. The van der Waals surface area contributed by atoms with Crippen LogP contribution >= 0.6 is 35.3 Å². The van der Waals surface area contributed by atoms with Gasteiger partial charge < -0.3 is 16.0 Å². The van der Waals surface area contributed by atoms with Gasteiger partial charge in [-0.2, -0.15) is 0 Å². The number of aliphatic imine (C=N–C) groups is 1. The van der Waals surface area contributed by atoms with Crippen LogP contribution in [0, 0.1) is 6.92 Å². The Bertz CT molecular complexity index is 823. The molecule has 2 aromatic rings. The molecule has 31 heavy (non-hydrogen) atoms. The first-order valence-electron chi connectivity index (χ1n) is 10.7. The minimum absolute atomic E-state index is 0. The number of aryl methyl sites for hydroxylation is 1. The zero-order valence-corrected chi connectivity index (χ0v) is 21.4. The lowest BCUT2D eigenvalue weighted by Gasteiger charge is -2.25. The van der Waals surface area contributed by atoms with Gasteiger partial charge in [0.25, 0.3) is 0 Å². The van der Waals surface area contributed by atoms with Crippen molar-refractivity contribution in [3.63, 3.8) is 0 Å². The molecule has 9 heteroatoms. The van der Waals surface area contributed by atoms with Gasteiger partial charge in [0.2, 0.25) is 5.91 Å². The summed E-state index contributed by atoms with van der Waals surface area (Å²) in [6, 6.07) is 10.2. The molecule has 3 heterocycles. The molecule has 0 spiro atoms. The van der Waals surface area contributed by atoms with E-state index in [2.05, 4.69) is 43.3 Å². The molecule has 0 radical (unpaired) electrons. The number of hydrogen-bond acceptors (Lipinski definition) is 5. The molecule has 1 unspecified atom stereocenters. The molecule has 1 fully saturated rings. The van der Waals surface area contributed by atoms with Crippen molar-refractivity contribution in [3.8, 4) is 0 Å². The summed E-state index contributed by atoms with van der Waals surface area (Å²) >= 11 is 1.80. The SMILES string of the molecule is CCNC(=NCC(c1cccs1)N1CCCC1)NCCC(=O)Nc1cccc(C)n1.I. The van der Waals surface area contributed by atoms with Gasteiger partial charge in [-0.25, -0.2) is 4.98 Å². The molecule has 1 atom stereocenters. The van der Waals surface area contributed by atoms with E-state index >= 15 is 0 Å². The van der Waals surface area contributed by atoms with Crippen molar-refractivity contribution in [2.75, 3.05) is 38.0 Å². The number of amides is 1. The average Bonchev–Trinajstić information content (AvgIpc) is 3.43. The summed E-state index contributed by atoms with van der Waals surface area (Å²) in [7, 11) is 0. The first kappa shape index (κ1) is 25.5. The van der Waals surface area contributed by atoms with Crippen LogP contribution in [0.25, 0.3) is 0 Å². The van der Waals surface area contributed by atoms with Gasteiger partial charge in [0.15, 0.2) is 5.96 Å². The Morgan fingerprint density at radius 2 is 2.03 bits per heavy atom. The smallest absolute Gasteiger partial charge is 0.227 e. The predicted octanol–water partition coefficient (Wildman–Crippen LogP) is 3.79. The lowest BCUT2D eigenvalue weighted by Crippen LogP contribution is -2.39. The van der Waals surface area contributed by atoms with E-state index in [1.54, 1.807) is 17.4 Å². The number of halogens is 1. The highest BCUT2D eigenvalue weighted by Gasteiger charge is 2.24. The predicted molar refractivity (Wildman–Crippen MR) is 139 cm³/mol. The number of nitrogens with one attached hydrogen (secondary N) is 3. The van der Waals surface area contributed by atoms with Crippen LogP contribution in [0.1, 0.15) is 42.8 Å². The van der Waals surface area contributed by atoms with Gasteiger partial charge in [-0.05, 0) is 63.4 Å². The first-order valence-corrected chi connectivity index (χ1v) is 11.6. The molecule has 170 valence electrons. The first-order chi connectivity index (χ1) is 14.7. The molecule has 0 bridgehead atoms. The van der Waals surface area contributed by atoms with E-state index in [-0.39, 0.29) is 29.9 Å². The summed E-state index contributed by atoms with van der Waals surface area (Å²) in [4.78, 5) is 25.2. The van der Waals surface area contributed by atoms with E-state index in [0.717, 1.165) is 31.3 Å². The second kappa shape index (κ2) is 13.6. The summed E-state index contributed by atoms with van der Waals surface area (Å²) in [6.45, 7) is 8.21. The van der Waals surface area contributed by atoms with Gasteiger partial charge in [0, 0.05) is 30.1 Å². The number of hydrogen-bond donors (Lipinski definition) is 3. The van der Waals surface area contributed by atoms with Gasteiger partial charge in [-0.15, -0.1) is 35.3 Å². The normalized spacial score (nSPS) is 15.2. The Morgan fingerprint density at radius 1 is 1.23 bits per heavy atom. The maximum atomic E-state index is 12.2. The highest BCUT2D eigenvalue weighted by Crippen LogP contribution is 2.28. The van der Waals surface area contributed by atoms with Crippen LogP contribution in [0.3, 0.4) is 0 Å². The van der Waals surface area contributed by atoms with Crippen molar-refractivity contribution in [1.82, 2.24) is 20.5 Å². The van der Waals surface area contributed by atoms with E-state index in [0.29, 0.717) is 31.4 Å². The summed E-state index contributed by atoms with van der Waals surface area (Å²) in [5.41, 5.74) is 0.880. The van der Waals surface area contributed by atoms with Crippen LogP contribution < -0.4 is 16.0 Å². The maximum absolute atomic E-state index is 12.2. The fourth-order valence-corrected chi connectivity index (χ4v) is 4.40. The van der Waals surface area contributed by atoms with Crippen molar-refractivity contribution in [2.45, 2.75) is 39.2 Å². The van der Waals surface area contributed by atoms with Crippen LogP contribution in [-0.4, -0.2) is 54.5 Å². The lowest BCUT2D eigenvalue weighted by molar-refractivity contribution is -0.116. The van der Waals surface area contributed by atoms with Gasteiger partial charge >= 0.3 is 0 Å². The van der Waals surface area contributed by atoms with Gasteiger partial charge in [-0.3, -0.25) is 14.7 Å². The number of likely N-dealkylation sites (tertiary alicyclic amines) is 1. The molecule has 0 saturated carbocycles. The lowest BCUT2D eigenvalue weighted by atomic mass is 10.2. The monoisotopic (exact) mass is 556 g/mol. The maximum Gasteiger partial charge on any atom is 0.227 e. The Labute approximate surface area is 206 Å². The number of pyridine rings is 1. The molecule has 1 saturated heterocycles. The zero-order chi connectivity index (χ0) is 21.2. The standard InChI is InChI=1S/C22H32N6OS.HI/c1-3-23-22(24-12-11-21(29)27-20-10-6-8-17(2)26-20)25-16-18(19-9-7-15-30-19)28-13-4-5-14-28;/h6-10,15,18H,3-5,11-14,16H2,1-2H3,(H2,23,24,25)(H,26,27,29);1H. The van der Waals surface area contributed by atoms with Crippen LogP contribution in [0.2, 0.25) is 0 Å². The third-order valence-corrected chi connectivity index (χ3v) is 5.99. The van der Waals surface area contributed by atoms with Crippen LogP contribution in [0.15, 0.2) is 40.7 Å². The van der Waals surface area contributed by atoms with Gasteiger partial charge in [-0.1, -0.05) is 12.1 Å². The third kappa shape index (κ3) is 8.38. The highest BCUT2D eigenvalue weighted by atomic mass is 127. The number of rotatable bonds is 9. The Balaban J connectivity index is 0.00000341. The summed E-state index contributed by atoms with van der Waals surface area (Å²) < 4.78 is 0. The van der Waals surface area contributed by atoms with Crippen molar-refractivity contribution in [2.24, 2.45) is 4.99 Å². The van der Waals surface area contributed by atoms with Gasteiger partial charge in [0.05, 0.1) is 12.6 Å². The second-order valence-electron chi connectivity index (χ2n) is 7.38. The number of nitrogens with zero attached hydrogens (tertiary/aromatic N) is 3. The van der Waals surface area contributed by atoms with E-state index in [1.807, 2.05) is 26.0 Å². The number of guanidine groups is 1. The number of thiophene rings is 1. The molecule has 3 N–H and O–H groups in total. The van der Waals surface area contributed by atoms with Crippen molar-refractivity contribution >= 4 is 53.0 Å². The van der Waals surface area contributed by atoms with Crippen LogP contribution in [0.4, 0.5) is 5.82 Å². The second-order valence-corrected chi connectivity index (χ2v) is 8.36. The Hall–Kier alpha value is -1.72. The molecule has 1 aliphatic heterocycles.